The molecule has 0 radical (unpaired) electrons. The molecule has 0 spiro atoms. The maximum absolute atomic E-state index is 13.9. The number of alkyl halides is 3. The number of nitrogens with one attached hydrogen (secondary N) is 2. The van der Waals surface area contributed by atoms with Crippen molar-refractivity contribution in [3.63, 3.8) is 0 Å². The summed E-state index contributed by atoms with van der Waals surface area (Å²) in [7, 11) is 1.24. The van der Waals surface area contributed by atoms with Crippen molar-refractivity contribution >= 4 is 34.2 Å². The number of methoxy groups -OCH3 is 1. The number of ether oxygens (including phenoxy) is 1. The lowest BCUT2D eigenvalue weighted by molar-refractivity contribution is -0.142. The maximum Gasteiger partial charge on any atom is 0.418 e. The largest absolute Gasteiger partial charge is 0.467 e. The average Bonchev–Trinajstić information content (AvgIpc) is 3.19. The van der Waals surface area contributed by atoms with Crippen molar-refractivity contribution in [1.29, 1.82) is 0 Å². The van der Waals surface area contributed by atoms with Gasteiger partial charge < -0.3 is 19.9 Å². The van der Waals surface area contributed by atoms with Crippen LogP contribution in [0.25, 0.3) is 10.9 Å². The van der Waals surface area contributed by atoms with Crippen LogP contribution in [0.15, 0.2) is 53.5 Å². The number of carbonyl (C=O) groups is 2. The summed E-state index contributed by atoms with van der Waals surface area (Å²) in [6, 6.07) is 9.24. The quantitative estimate of drug-likeness (QED) is 0.555. The number of pyridine rings is 1. The second-order valence-electron chi connectivity index (χ2n) is 8.19. The first-order valence-corrected chi connectivity index (χ1v) is 10.6. The van der Waals surface area contributed by atoms with E-state index in [9.17, 15) is 27.6 Å². The van der Waals surface area contributed by atoms with Gasteiger partial charge in [-0.15, -0.1) is 0 Å². The van der Waals surface area contributed by atoms with Crippen molar-refractivity contribution in [3.05, 3.63) is 70.0 Å². The van der Waals surface area contributed by atoms with Gasteiger partial charge in [-0.2, -0.15) is 13.2 Å². The maximum atomic E-state index is 13.9. The van der Waals surface area contributed by atoms with Crippen LogP contribution in [0.4, 0.5) is 24.5 Å². The van der Waals surface area contributed by atoms with Crippen LogP contribution in [0.3, 0.4) is 0 Å². The fourth-order valence-electron chi connectivity index (χ4n) is 4.30. The third kappa shape index (κ3) is 4.23. The Bertz CT molecular complexity index is 1320. The van der Waals surface area contributed by atoms with Gasteiger partial charge in [0, 0.05) is 29.3 Å². The minimum atomic E-state index is -4.79. The van der Waals surface area contributed by atoms with Crippen LogP contribution >= 0.6 is 0 Å². The molecular weight excluding hydrogens is 451 g/mol. The fraction of sp³-hybridized carbons (Fsp3) is 0.292. The van der Waals surface area contributed by atoms with E-state index in [0.29, 0.717) is 18.5 Å². The number of amides is 1. The summed E-state index contributed by atoms with van der Waals surface area (Å²) < 4.78 is 46.6. The molecule has 2 N–H and O–H groups in total. The molecule has 2 atom stereocenters. The van der Waals surface area contributed by atoms with E-state index in [1.54, 1.807) is 23.1 Å². The number of fused-ring (bicyclic) bond motifs is 1. The predicted octanol–water partition coefficient (Wildman–Crippen LogP) is 4.19. The van der Waals surface area contributed by atoms with Crippen LogP contribution in [0.1, 0.15) is 29.3 Å². The molecule has 2 unspecified atom stereocenters. The summed E-state index contributed by atoms with van der Waals surface area (Å²) in [5.41, 5.74) is -1.79. The number of benzene rings is 2. The number of para-hydroxylation sites is 1. The van der Waals surface area contributed by atoms with Gasteiger partial charge in [0.05, 0.1) is 18.4 Å². The summed E-state index contributed by atoms with van der Waals surface area (Å²) in [6.07, 6.45) is -3.00. The van der Waals surface area contributed by atoms with Gasteiger partial charge >= 0.3 is 12.1 Å². The lowest BCUT2D eigenvalue weighted by Gasteiger charge is -2.28. The van der Waals surface area contributed by atoms with Crippen molar-refractivity contribution < 1.29 is 27.5 Å². The Hall–Kier alpha value is -3.82. The van der Waals surface area contributed by atoms with Crippen molar-refractivity contribution in [3.8, 4) is 0 Å². The Morgan fingerprint density at radius 2 is 1.91 bits per heavy atom. The molecular formula is C24H22F3N3O4. The average molecular weight is 473 g/mol. The van der Waals surface area contributed by atoms with Crippen molar-refractivity contribution in [1.82, 2.24) is 4.98 Å². The molecule has 1 fully saturated rings. The van der Waals surface area contributed by atoms with Crippen LogP contribution in [0.5, 0.6) is 0 Å². The van der Waals surface area contributed by atoms with Crippen LogP contribution in [-0.4, -0.2) is 36.6 Å². The molecule has 7 nitrogen and oxygen atoms in total. The van der Waals surface area contributed by atoms with Crippen LogP contribution < -0.4 is 15.6 Å². The van der Waals surface area contributed by atoms with Gasteiger partial charge in [0.1, 0.15) is 11.6 Å². The molecule has 2 aromatic carbocycles. The highest BCUT2D eigenvalue weighted by Gasteiger charge is 2.40. The Labute approximate surface area is 192 Å². The van der Waals surface area contributed by atoms with E-state index in [0.717, 1.165) is 12.1 Å². The van der Waals surface area contributed by atoms with Gasteiger partial charge in [-0.25, -0.2) is 4.79 Å². The number of hydrogen-bond donors (Lipinski definition) is 2. The molecule has 0 aliphatic carbocycles. The van der Waals surface area contributed by atoms with Gasteiger partial charge in [0.15, 0.2) is 0 Å². The first-order valence-electron chi connectivity index (χ1n) is 10.6. The number of aromatic nitrogens is 1. The van der Waals surface area contributed by atoms with E-state index in [4.69, 9.17) is 4.74 Å². The van der Waals surface area contributed by atoms with Gasteiger partial charge in [-0.3, -0.25) is 9.59 Å². The molecule has 1 aliphatic rings. The lowest BCUT2D eigenvalue weighted by atomic mass is 10.0. The lowest BCUT2D eigenvalue weighted by Crippen LogP contribution is -2.40. The zero-order valence-corrected chi connectivity index (χ0v) is 18.4. The van der Waals surface area contributed by atoms with Crippen LogP contribution in [-0.2, 0) is 15.7 Å². The van der Waals surface area contributed by atoms with Gasteiger partial charge in [-0.05, 0) is 42.7 Å². The zero-order chi connectivity index (χ0) is 24.6. The number of nitrogens with zero attached hydrogens (tertiary/aromatic N) is 1. The van der Waals surface area contributed by atoms with Gasteiger partial charge in [-0.1, -0.05) is 19.1 Å². The topological polar surface area (TPSA) is 91.5 Å². The number of hydrogen-bond acceptors (Lipinski definition) is 5. The molecule has 178 valence electrons. The smallest absolute Gasteiger partial charge is 0.418 e. The summed E-state index contributed by atoms with van der Waals surface area (Å²) in [5, 5.41) is 2.47. The summed E-state index contributed by atoms with van der Waals surface area (Å²) in [5.74, 6) is -1.58. The molecule has 4 rings (SSSR count). The van der Waals surface area contributed by atoms with E-state index in [1.165, 1.54) is 25.4 Å². The summed E-state index contributed by atoms with van der Waals surface area (Å²) >= 11 is 0. The number of anilines is 2. The summed E-state index contributed by atoms with van der Waals surface area (Å²) in [6.45, 7) is 2.22. The Morgan fingerprint density at radius 1 is 1.18 bits per heavy atom. The van der Waals surface area contributed by atoms with Gasteiger partial charge in [0.2, 0.25) is 5.43 Å². The van der Waals surface area contributed by atoms with Crippen molar-refractivity contribution in [2.75, 3.05) is 23.9 Å². The molecule has 2 heterocycles. The molecule has 0 bridgehead atoms. The number of rotatable bonds is 4. The highest BCUT2D eigenvalue weighted by molar-refractivity contribution is 6.06. The van der Waals surface area contributed by atoms with E-state index in [-0.39, 0.29) is 22.6 Å². The molecule has 10 heteroatoms. The number of esters is 1. The molecule has 3 aromatic rings. The molecule has 34 heavy (non-hydrogen) atoms. The van der Waals surface area contributed by atoms with E-state index >= 15 is 0 Å². The Balaban J connectivity index is 1.69. The summed E-state index contributed by atoms with van der Waals surface area (Å²) in [4.78, 5) is 42.0. The predicted molar refractivity (Wildman–Crippen MR) is 121 cm³/mol. The fourth-order valence-corrected chi connectivity index (χ4v) is 4.30. The SMILES string of the molecule is COC(=O)C1C(C)CCN1c1ccc(NC(=O)c2c[nH]c3ccccc3c2=O)c(C(F)(F)F)c1. The third-order valence-electron chi connectivity index (χ3n) is 6.06. The number of carbonyl (C=O) groups excluding carboxylic acids is 2. The Kier molecular flexibility index (Phi) is 6.07. The van der Waals surface area contributed by atoms with Gasteiger partial charge in [0.25, 0.3) is 5.91 Å². The number of halogens is 3. The van der Waals surface area contributed by atoms with E-state index in [1.807, 2.05) is 6.92 Å². The standard InChI is InChI=1S/C24H22F3N3O4/c1-13-9-10-30(20(13)23(33)34-2)14-7-8-19(17(11-14)24(25,26)27)29-22(32)16-12-28-18-6-4-3-5-15(18)21(16)31/h3-8,11-13,20H,9-10H2,1-2H3,(H,28,31)(H,29,32). The van der Waals surface area contributed by atoms with Crippen LogP contribution in [0.2, 0.25) is 0 Å². The first kappa shape index (κ1) is 23.3. The molecule has 1 saturated heterocycles. The van der Waals surface area contributed by atoms with Crippen molar-refractivity contribution in [2.24, 2.45) is 5.92 Å². The Morgan fingerprint density at radius 3 is 2.62 bits per heavy atom. The van der Waals surface area contributed by atoms with Crippen LogP contribution in [0, 0.1) is 5.92 Å². The molecule has 1 aromatic heterocycles. The minimum Gasteiger partial charge on any atom is -0.467 e. The second kappa shape index (κ2) is 8.85. The van der Waals surface area contributed by atoms with Crippen molar-refractivity contribution in [2.45, 2.75) is 25.6 Å². The normalized spacial score (nSPS) is 18.2. The van der Waals surface area contributed by atoms with E-state index < -0.39 is 40.8 Å². The monoisotopic (exact) mass is 473 g/mol. The number of H-pyrrole nitrogens is 1. The third-order valence-corrected chi connectivity index (χ3v) is 6.06. The number of aromatic amines is 1. The molecule has 0 saturated carbocycles. The highest BCUT2D eigenvalue weighted by Crippen LogP contribution is 2.39. The highest BCUT2D eigenvalue weighted by atomic mass is 19.4. The van der Waals surface area contributed by atoms with E-state index in [2.05, 4.69) is 10.3 Å². The first-order chi connectivity index (χ1) is 16.1. The second-order valence-corrected chi connectivity index (χ2v) is 8.19. The zero-order valence-electron chi connectivity index (χ0n) is 18.4. The molecule has 1 amide bonds. The molecule has 1 aliphatic heterocycles. The minimum absolute atomic E-state index is 0.0965.